The molecule has 0 saturated heterocycles. The second-order valence-electron chi connectivity index (χ2n) is 4.59. The molecule has 1 atom stereocenters. The lowest BCUT2D eigenvalue weighted by molar-refractivity contribution is 0.261. The number of hydrogen-bond donors (Lipinski definition) is 1. The van der Waals surface area contributed by atoms with Gasteiger partial charge in [-0.2, -0.15) is 0 Å². The van der Waals surface area contributed by atoms with Crippen LogP contribution in [0.5, 0.6) is 0 Å². The number of aryl methyl sites for hydroxylation is 1. The highest BCUT2D eigenvalue weighted by Crippen LogP contribution is 2.13. The van der Waals surface area contributed by atoms with Gasteiger partial charge in [0.25, 0.3) is 0 Å². The topological polar surface area (TPSA) is 42.4 Å². The van der Waals surface area contributed by atoms with Crippen molar-refractivity contribution in [3.63, 3.8) is 0 Å². The third-order valence-corrected chi connectivity index (χ3v) is 3.01. The van der Waals surface area contributed by atoms with Crippen molar-refractivity contribution in [1.29, 1.82) is 0 Å². The summed E-state index contributed by atoms with van der Waals surface area (Å²) in [5, 5.41) is 0. The Morgan fingerprint density at radius 2 is 2.25 bits per heavy atom. The summed E-state index contributed by atoms with van der Waals surface area (Å²) in [4.78, 5) is 2.32. The first-order valence-corrected chi connectivity index (χ1v) is 6.09. The maximum atomic E-state index is 5.77. The van der Waals surface area contributed by atoms with Gasteiger partial charge in [-0.25, -0.2) is 0 Å². The summed E-state index contributed by atoms with van der Waals surface area (Å²) in [7, 11) is 2.14. The van der Waals surface area contributed by atoms with Gasteiger partial charge in [-0.15, -0.1) is 0 Å². The molecule has 0 fully saturated rings. The van der Waals surface area contributed by atoms with Crippen molar-refractivity contribution in [1.82, 2.24) is 4.90 Å². The fraction of sp³-hybridized carbons (Fsp3) is 0.692. The molecule has 1 unspecified atom stereocenters. The zero-order valence-electron chi connectivity index (χ0n) is 10.7. The summed E-state index contributed by atoms with van der Waals surface area (Å²) in [6.45, 7) is 7.01. The van der Waals surface area contributed by atoms with E-state index in [1.54, 1.807) is 6.26 Å². The number of hydrogen-bond acceptors (Lipinski definition) is 3. The summed E-state index contributed by atoms with van der Waals surface area (Å²) in [5.74, 6) is 1.63. The smallest absolute Gasteiger partial charge is 0.105 e. The Morgan fingerprint density at radius 1 is 1.50 bits per heavy atom. The molecule has 0 aliphatic heterocycles. The Balaban J connectivity index is 2.40. The first-order chi connectivity index (χ1) is 7.67. The fourth-order valence-electron chi connectivity index (χ4n) is 2.06. The highest BCUT2D eigenvalue weighted by atomic mass is 16.3. The van der Waals surface area contributed by atoms with Crippen LogP contribution in [0.2, 0.25) is 0 Å². The molecule has 1 aromatic heterocycles. The van der Waals surface area contributed by atoms with Gasteiger partial charge in [0.15, 0.2) is 0 Å². The third kappa shape index (κ3) is 3.99. The minimum absolute atomic E-state index is 0.613. The third-order valence-electron chi connectivity index (χ3n) is 3.01. The predicted octanol–water partition coefficient (Wildman–Crippen LogP) is 2.39. The highest BCUT2D eigenvalue weighted by Gasteiger charge is 2.11. The van der Waals surface area contributed by atoms with Gasteiger partial charge in [-0.05, 0) is 38.9 Å². The molecule has 0 saturated carbocycles. The molecule has 0 aliphatic carbocycles. The lowest BCUT2D eigenvalue weighted by Crippen LogP contribution is -2.29. The molecule has 1 aromatic rings. The van der Waals surface area contributed by atoms with Crippen LogP contribution in [-0.2, 0) is 6.54 Å². The minimum Gasteiger partial charge on any atom is -0.469 e. The van der Waals surface area contributed by atoms with Gasteiger partial charge in [0.05, 0.1) is 6.26 Å². The molecule has 0 amide bonds. The van der Waals surface area contributed by atoms with Gasteiger partial charge >= 0.3 is 0 Å². The Bertz CT molecular complexity index is 296. The first kappa shape index (κ1) is 13.3. The molecular weight excluding hydrogens is 200 g/mol. The first-order valence-electron chi connectivity index (χ1n) is 6.09. The van der Waals surface area contributed by atoms with E-state index in [1.807, 2.05) is 13.0 Å². The Labute approximate surface area is 98.6 Å². The van der Waals surface area contributed by atoms with E-state index < -0.39 is 0 Å². The van der Waals surface area contributed by atoms with Crippen LogP contribution < -0.4 is 5.73 Å². The number of nitrogens with two attached hydrogens (primary N) is 1. The maximum absolute atomic E-state index is 5.77. The van der Waals surface area contributed by atoms with E-state index in [-0.39, 0.29) is 0 Å². The molecule has 1 rings (SSSR count). The Kier molecular flexibility index (Phi) is 5.56. The van der Waals surface area contributed by atoms with Crippen molar-refractivity contribution in [3.05, 3.63) is 23.7 Å². The number of rotatable bonds is 7. The molecule has 1 heterocycles. The van der Waals surface area contributed by atoms with Crippen molar-refractivity contribution < 1.29 is 4.42 Å². The van der Waals surface area contributed by atoms with Gasteiger partial charge in [-0.1, -0.05) is 13.3 Å². The average Bonchev–Trinajstić information content (AvgIpc) is 2.64. The normalized spacial score (nSPS) is 13.3. The minimum atomic E-state index is 0.613. The van der Waals surface area contributed by atoms with Gasteiger partial charge in [0, 0.05) is 18.7 Å². The molecule has 16 heavy (non-hydrogen) atoms. The second-order valence-corrected chi connectivity index (χ2v) is 4.59. The van der Waals surface area contributed by atoms with E-state index in [9.17, 15) is 0 Å². The Hall–Kier alpha value is -0.800. The van der Waals surface area contributed by atoms with Crippen molar-refractivity contribution in [2.75, 3.05) is 20.1 Å². The van der Waals surface area contributed by atoms with Crippen LogP contribution in [0, 0.1) is 12.8 Å². The number of nitrogens with zero attached hydrogens (tertiary/aromatic N) is 1. The quantitative estimate of drug-likeness (QED) is 0.773. The molecule has 92 valence electrons. The van der Waals surface area contributed by atoms with E-state index in [4.69, 9.17) is 10.2 Å². The summed E-state index contributed by atoms with van der Waals surface area (Å²) in [6, 6.07) is 2.04. The molecule has 3 nitrogen and oxygen atoms in total. The highest BCUT2D eigenvalue weighted by molar-refractivity contribution is 5.14. The maximum Gasteiger partial charge on any atom is 0.105 e. The second kappa shape index (κ2) is 6.71. The summed E-state index contributed by atoms with van der Waals surface area (Å²) in [6.07, 6.45) is 4.18. The molecule has 0 radical (unpaired) electrons. The van der Waals surface area contributed by atoms with Crippen LogP contribution in [0.25, 0.3) is 0 Å². The zero-order valence-corrected chi connectivity index (χ0v) is 10.7. The van der Waals surface area contributed by atoms with Crippen molar-refractivity contribution in [2.24, 2.45) is 11.7 Å². The monoisotopic (exact) mass is 224 g/mol. The van der Waals surface area contributed by atoms with Gasteiger partial charge < -0.3 is 15.1 Å². The van der Waals surface area contributed by atoms with E-state index in [2.05, 4.69) is 18.9 Å². The van der Waals surface area contributed by atoms with Crippen molar-refractivity contribution >= 4 is 0 Å². The molecule has 0 bridgehead atoms. The molecular formula is C13H24N2O. The SMILES string of the molecule is CCCC(CN)CN(C)Cc1ccoc1C. The predicted molar refractivity (Wildman–Crippen MR) is 67.2 cm³/mol. The van der Waals surface area contributed by atoms with Crippen molar-refractivity contribution in [3.8, 4) is 0 Å². The molecule has 2 N–H and O–H groups in total. The summed E-state index contributed by atoms with van der Waals surface area (Å²) >= 11 is 0. The van der Waals surface area contributed by atoms with Gasteiger partial charge in [-0.3, -0.25) is 0 Å². The standard InChI is InChI=1S/C13H24N2O/c1-4-5-12(8-14)9-15(3)10-13-6-7-16-11(13)2/h6-7,12H,4-5,8-10,14H2,1-3H3. The summed E-state index contributed by atoms with van der Waals surface area (Å²) in [5.41, 5.74) is 7.04. The molecule has 3 heteroatoms. The van der Waals surface area contributed by atoms with Crippen LogP contribution in [0.4, 0.5) is 0 Å². The van der Waals surface area contributed by atoms with E-state index in [0.717, 1.165) is 25.4 Å². The number of furan rings is 1. The fourth-order valence-corrected chi connectivity index (χ4v) is 2.06. The Morgan fingerprint density at radius 3 is 2.75 bits per heavy atom. The van der Waals surface area contributed by atoms with Crippen LogP contribution in [0.1, 0.15) is 31.1 Å². The average molecular weight is 224 g/mol. The van der Waals surface area contributed by atoms with E-state index in [0.29, 0.717) is 5.92 Å². The summed E-state index contributed by atoms with van der Waals surface area (Å²) < 4.78 is 5.29. The zero-order chi connectivity index (χ0) is 12.0. The van der Waals surface area contributed by atoms with Crippen LogP contribution in [-0.4, -0.2) is 25.0 Å². The lowest BCUT2D eigenvalue weighted by Gasteiger charge is -2.22. The molecule has 0 aliphatic rings. The van der Waals surface area contributed by atoms with E-state index in [1.165, 1.54) is 18.4 Å². The molecule has 0 aromatic carbocycles. The lowest BCUT2D eigenvalue weighted by atomic mass is 10.0. The van der Waals surface area contributed by atoms with Crippen LogP contribution >= 0.6 is 0 Å². The van der Waals surface area contributed by atoms with Crippen molar-refractivity contribution in [2.45, 2.75) is 33.2 Å². The van der Waals surface area contributed by atoms with E-state index >= 15 is 0 Å². The van der Waals surface area contributed by atoms with Gasteiger partial charge in [0.1, 0.15) is 5.76 Å². The van der Waals surface area contributed by atoms with Crippen LogP contribution in [0.15, 0.2) is 16.7 Å². The molecule has 0 spiro atoms. The largest absolute Gasteiger partial charge is 0.469 e. The van der Waals surface area contributed by atoms with Crippen LogP contribution in [0.3, 0.4) is 0 Å². The van der Waals surface area contributed by atoms with Gasteiger partial charge in [0.2, 0.25) is 0 Å².